The summed E-state index contributed by atoms with van der Waals surface area (Å²) in [6.07, 6.45) is -15.2. The van der Waals surface area contributed by atoms with Gasteiger partial charge in [0.2, 0.25) is 0 Å². The number of aliphatic hydroxyl groups excluding tert-OH is 10. The highest BCUT2D eigenvalue weighted by Gasteiger charge is 2.71. The molecule has 5 aliphatic heterocycles. The van der Waals surface area contributed by atoms with E-state index in [-0.39, 0.29) is 60.7 Å². The fourth-order valence-electron chi connectivity index (χ4n) is 13.8. The number of hydrogen-bond acceptors (Lipinski definition) is 18. The van der Waals surface area contributed by atoms with Crippen LogP contribution in [0.4, 0.5) is 0 Å². The Morgan fingerprint density at radius 2 is 1.47 bits per heavy atom. The lowest BCUT2D eigenvalue weighted by atomic mass is 9.46. The Labute approximate surface area is 361 Å². The number of ether oxygens (including phenoxy) is 8. The minimum atomic E-state index is -1.66. The van der Waals surface area contributed by atoms with Gasteiger partial charge in [0, 0.05) is 24.2 Å². The maximum atomic E-state index is 11.3. The van der Waals surface area contributed by atoms with Gasteiger partial charge in [0.15, 0.2) is 24.7 Å². The summed E-state index contributed by atoms with van der Waals surface area (Å²) in [5.41, 5.74) is 1.14. The second kappa shape index (κ2) is 16.8. The maximum Gasteiger partial charge on any atom is 0.198 e. The summed E-state index contributed by atoms with van der Waals surface area (Å²) < 4.78 is 50.5. The van der Waals surface area contributed by atoms with Crippen LogP contribution in [0.5, 0.6) is 0 Å². The lowest BCUT2D eigenvalue weighted by Gasteiger charge is -2.60. The lowest BCUT2D eigenvalue weighted by Crippen LogP contribution is -2.63. The van der Waals surface area contributed by atoms with E-state index in [0.29, 0.717) is 12.8 Å². The number of rotatable bonds is 7. The Hall–Kier alpha value is -1.24. The molecule has 0 aromatic rings. The molecule has 0 amide bonds. The maximum absolute atomic E-state index is 11.3. The third-order valence-corrected chi connectivity index (χ3v) is 17.1. The Morgan fingerprint density at radius 3 is 2.19 bits per heavy atom. The number of aliphatic hydroxyl groups is 10. The Morgan fingerprint density at radius 1 is 0.774 bits per heavy atom. The van der Waals surface area contributed by atoms with Gasteiger partial charge < -0.3 is 89.0 Å². The molecule has 9 rings (SSSR count). The molecule has 5 heterocycles. The molecule has 0 aromatic carbocycles. The quantitative estimate of drug-likeness (QED) is 0.133. The summed E-state index contributed by atoms with van der Waals surface area (Å²) in [6, 6.07) is 0. The summed E-state index contributed by atoms with van der Waals surface area (Å²) in [4.78, 5) is 0. The number of allylic oxidation sites excluding steroid dienone is 1. The molecule has 5 saturated heterocycles. The van der Waals surface area contributed by atoms with Crippen molar-refractivity contribution in [1.29, 1.82) is 0 Å². The smallest absolute Gasteiger partial charge is 0.198 e. The highest BCUT2D eigenvalue weighted by Crippen LogP contribution is 2.71. The molecule has 10 N–H and O–H groups in total. The molecule has 0 bridgehead atoms. The fraction of sp³-hybridized carbons (Fsp3) is 0.909. The zero-order chi connectivity index (χ0) is 44.4. The van der Waals surface area contributed by atoms with Gasteiger partial charge in [-0.3, -0.25) is 0 Å². The van der Waals surface area contributed by atoms with Crippen LogP contribution in [0.1, 0.15) is 72.6 Å². The van der Waals surface area contributed by atoms with Crippen molar-refractivity contribution in [3.8, 4) is 0 Å². The molecular formula is C44H68O18. The van der Waals surface area contributed by atoms with E-state index < -0.39 is 122 Å². The molecule has 3 saturated carbocycles. The van der Waals surface area contributed by atoms with Crippen molar-refractivity contribution in [3.63, 3.8) is 0 Å². The van der Waals surface area contributed by atoms with Gasteiger partial charge in [0.25, 0.3) is 0 Å². The first-order chi connectivity index (χ1) is 29.3. The van der Waals surface area contributed by atoms with E-state index >= 15 is 0 Å². The predicted molar refractivity (Wildman–Crippen MR) is 211 cm³/mol. The van der Waals surface area contributed by atoms with E-state index in [9.17, 15) is 51.1 Å². The largest absolute Gasteiger partial charge is 0.394 e. The molecular weight excluding hydrogens is 816 g/mol. The molecule has 18 heteroatoms. The number of hydrogen-bond donors (Lipinski definition) is 10. The summed E-state index contributed by atoms with van der Waals surface area (Å²) in [5, 5.41) is 106. The van der Waals surface area contributed by atoms with Crippen LogP contribution in [-0.4, -0.2) is 187 Å². The number of fused-ring (bicyclic) bond motifs is 7. The summed E-state index contributed by atoms with van der Waals surface area (Å²) >= 11 is 0. The highest BCUT2D eigenvalue weighted by molar-refractivity contribution is 5.29. The van der Waals surface area contributed by atoms with Gasteiger partial charge in [-0.05, 0) is 73.7 Å². The summed E-state index contributed by atoms with van der Waals surface area (Å²) in [6.45, 7) is 11.8. The second-order valence-electron chi connectivity index (χ2n) is 20.4. The van der Waals surface area contributed by atoms with Crippen molar-refractivity contribution in [2.75, 3.05) is 19.8 Å². The Balaban J connectivity index is 0.948. The van der Waals surface area contributed by atoms with Gasteiger partial charge in [0.1, 0.15) is 67.1 Å². The first-order valence-corrected chi connectivity index (χ1v) is 22.6. The topological polar surface area (TPSA) is 276 Å². The molecule has 0 unspecified atom stereocenters. The van der Waals surface area contributed by atoms with Crippen LogP contribution >= 0.6 is 0 Å². The molecule has 26 atom stereocenters. The summed E-state index contributed by atoms with van der Waals surface area (Å²) in [5.74, 6) is -0.710. The first kappa shape index (κ1) is 45.9. The van der Waals surface area contributed by atoms with Gasteiger partial charge in [-0.15, -0.1) is 0 Å². The molecule has 18 nitrogen and oxygen atoms in total. The van der Waals surface area contributed by atoms with Crippen LogP contribution < -0.4 is 0 Å². The van der Waals surface area contributed by atoms with Crippen LogP contribution in [0.3, 0.4) is 0 Å². The van der Waals surface area contributed by atoms with Gasteiger partial charge in [-0.25, -0.2) is 0 Å². The van der Waals surface area contributed by atoms with Gasteiger partial charge >= 0.3 is 0 Å². The van der Waals surface area contributed by atoms with Gasteiger partial charge in [-0.2, -0.15) is 0 Å². The standard InChI is InChI=1S/C44H68O18/c1-17-10-29(60-40-37(54)35(52)33(50)27(14-45)58-40)44(56-15-17)18(2)30-26(62-44)13-24-22-7-6-20-11-21(46)12-28(43(20,5)23(22)8-9-42(24,30)4)59-41-38(32(49)25(47)16-55-41)61-39-36(53)34(51)31(48)19(3)57-39/h6,18-19,21-41,45-54H,1,7-16H2,2-5H3/t18-,19-,21+,22+,23-,24-,25-,26-,27+,28+,29-,30-,31-,32-,33+,34+,35-,36+,37+,38+,39-,40-,41-,42-,43-,44-/m0/s1. The molecule has 352 valence electrons. The van der Waals surface area contributed by atoms with E-state index in [2.05, 4.69) is 33.4 Å². The average molecular weight is 885 g/mol. The van der Waals surface area contributed by atoms with E-state index in [4.69, 9.17) is 37.9 Å². The third-order valence-electron chi connectivity index (χ3n) is 17.1. The van der Waals surface area contributed by atoms with Crippen molar-refractivity contribution in [2.45, 2.75) is 189 Å². The molecule has 0 aromatic heterocycles. The van der Waals surface area contributed by atoms with Crippen molar-refractivity contribution in [3.05, 3.63) is 23.8 Å². The van der Waals surface area contributed by atoms with Crippen LogP contribution in [0.2, 0.25) is 0 Å². The second-order valence-corrected chi connectivity index (χ2v) is 20.4. The first-order valence-electron chi connectivity index (χ1n) is 22.6. The van der Waals surface area contributed by atoms with Crippen molar-refractivity contribution < 1.29 is 89.0 Å². The van der Waals surface area contributed by atoms with Gasteiger partial charge in [-0.1, -0.05) is 39.0 Å². The average Bonchev–Trinajstić information content (AvgIpc) is 3.70. The molecule has 9 aliphatic rings. The highest BCUT2D eigenvalue weighted by atomic mass is 16.8. The molecule has 8 fully saturated rings. The summed E-state index contributed by atoms with van der Waals surface area (Å²) in [7, 11) is 0. The van der Waals surface area contributed by atoms with Crippen LogP contribution in [0.25, 0.3) is 0 Å². The zero-order valence-corrected chi connectivity index (χ0v) is 35.9. The van der Waals surface area contributed by atoms with E-state index in [1.54, 1.807) is 0 Å². The zero-order valence-electron chi connectivity index (χ0n) is 35.9. The van der Waals surface area contributed by atoms with Crippen molar-refractivity contribution in [1.82, 2.24) is 0 Å². The molecule has 0 radical (unpaired) electrons. The lowest BCUT2D eigenvalue weighted by molar-refractivity contribution is -0.366. The molecule has 4 aliphatic carbocycles. The van der Waals surface area contributed by atoms with Crippen molar-refractivity contribution in [2.24, 2.45) is 40.4 Å². The Kier molecular flexibility index (Phi) is 12.5. The third kappa shape index (κ3) is 7.13. The molecule has 1 spiro atoms. The van der Waals surface area contributed by atoms with Crippen LogP contribution in [0, 0.1) is 40.4 Å². The minimum Gasteiger partial charge on any atom is -0.394 e. The Bertz CT molecular complexity index is 1680. The predicted octanol–water partition coefficient (Wildman–Crippen LogP) is -1.29. The van der Waals surface area contributed by atoms with Crippen LogP contribution in [-0.2, 0) is 37.9 Å². The molecule has 62 heavy (non-hydrogen) atoms. The van der Waals surface area contributed by atoms with Crippen LogP contribution in [0.15, 0.2) is 23.8 Å². The van der Waals surface area contributed by atoms with Crippen molar-refractivity contribution >= 4 is 0 Å². The fourth-order valence-corrected chi connectivity index (χ4v) is 13.8. The minimum absolute atomic E-state index is 0.0697. The SMILES string of the molecule is C=C1CO[C@@]2(O[C@H]3C[C@H]4[C@@H]5CC=C6C[C@@H](O)C[C@@H](O[C@@H]7OC[C@H](O)[C@H](O)[C@H]7O[C@@H]7O[C@@H](C)[C@H](O)[C@@H](O)[C@H]7O)[C@]6(C)[C@H]5CC[C@]4(C)[C@H]3[C@@H]2C)[C@@H](O[C@@H]2O[C@H](CO)[C@@H](O)[C@H](O)[C@H]2O)C1. The van der Waals surface area contributed by atoms with E-state index in [0.717, 1.165) is 36.8 Å². The van der Waals surface area contributed by atoms with E-state index in [1.807, 2.05) is 0 Å². The monoisotopic (exact) mass is 884 g/mol. The van der Waals surface area contributed by atoms with E-state index in [1.165, 1.54) is 6.92 Å². The normalized spacial score (nSPS) is 57.7. The van der Waals surface area contributed by atoms with Gasteiger partial charge in [0.05, 0.1) is 44.2 Å².